The molecule has 2 fully saturated rings. The Kier molecular flexibility index (Phi) is 5.89. The normalized spacial score (nSPS) is 18.8. The lowest BCUT2D eigenvalue weighted by Crippen LogP contribution is -2.34. The molecule has 178 valence electrons. The number of carbonyl (C=O) groups excluding carboxylic acids is 1. The Labute approximate surface area is 207 Å². The summed E-state index contributed by atoms with van der Waals surface area (Å²) in [6.45, 7) is 1.86. The molecule has 4 nitrogen and oxygen atoms in total. The number of aromatic hydroxyl groups is 1. The fraction of sp³-hybridized carbons (Fsp3) is 0.355. The van der Waals surface area contributed by atoms with Gasteiger partial charge in [-0.25, -0.2) is 0 Å². The van der Waals surface area contributed by atoms with Crippen molar-refractivity contribution in [3.63, 3.8) is 0 Å². The predicted molar refractivity (Wildman–Crippen MR) is 141 cm³/mol. The first-order valence-corrected chi connectivity index (χ1v) is 13.0. The van der Waals surface area contributed by atoms with Crippen LogP contribution in [0.3, 0.4) is 0 Å². The molecule has 4 heteroatoms. The van der Waals surface area contributed by atoms with Crippen molar-refractivity contribution < 1.29 is 9.90 Å². The molecule has 2 heterocycles. The van der Waals surface area contributed by atoms with Crippen molar-refractivity contribution in [2.75, 3.05) is 18.0 Å². The zero-order valence-corrected chi connectivity index (χ0v) is 20.1. The van der Waals surface area contributed by atoms with Crippen molar-refractivity contribution in [3.8, 4) is 5.75 Å². The molecule has 2 aliphatic carbocycles. The van der Waals surface area contributed by atoms with E-state index in [2.05, 4.69) is 53.6 Å². The zero-order valence-electron chi connectivity index (χ0n) is 20.1. The van der Waals surface area contributed by atoms with E-state index >= 15 is 0 Å². The minimum absolute atomic E-state index is 0.206. The average molecular weight is 465 g/mol. The van der Waals surface area contributed by atoms with Crippen molar-refractivity contribution in [3.05, 3.63) is 88.7 Å². The van der Waals surface area contributed by atoms with Crippen LogP contribution in [-0.4, -0.2) is 29.5 Å². The molecule has 0 bridgehead atoms. The van der Waals surface area contributed by atoms with Crippen molar-refractivity contribution in [1.82, 2.24) is 4.98 Å². The summed E-state index contributed by atoms with van der Waals surface area (Å²) in [6.07, 6.45) is 10.5. The highest BCUT2D eigenvalue weighted by molar-refractivity contribution is 6.00. The molecule has 3 aromatic rings. The van der Waals surface area contributed by atoms with E-state index in [1.54, 1.807) is 0 Å². The summed E-state index contributed by atoms with van der Waals surface area (Å²) in [5.74, 6) is 1.19. The Morgan fingerprint density at radius 1 is 0.886 bits per heavy atom. The standard InChI is InChI=1S/C31H32N2O2/c34-20-21-14-16-33(17-15-21)26-9-6-23(7-10-26)31-28(25-8-13-30(32-19-25)22-4-5-22)3-1-2-24-18-27(35)11-12-29(24)31/h6-13,18-22,35H,1-5,14-17H2. The van der Waals surface area contributed by atoms with Crippen molar-refractivity contribution in [1.29, 1.82) is 0 Å². The van der Waals surface area contributed by atoms with E-state index in [1.807, 2.05) is 12.1 Å². The van der Waals surface area contributed by atoms with Crippen LogP contribution in [0, 0.1) is 5.92 Å². The molecule has 6 rings (SSSR count). The first kappa shape index (κ1) is 22.1. The first-order chi connectivity index (χ1) is 17.2. The van der Waals surface area contributed by atoms with Gasteiger partial charge in [0.05, 0.1) is 0 Å². The number of phenols is 1. The van der Waals surface area contributed by atoms with Crippen LogP contribution in [0.4, 0.5) is 5.69 Å². The van der Waals surface area contributed by atoms with Gasteiger partial charge in [0.1, 0.15) is 12.0 Å². The summed E-state index contributed by atoms with van der Waals surface area (Å²) in [7, 11) is 0. The SMILES string of the molecule is O=CC1CCN(c2ccc(C3=C(c4ccc(C5CC5)nc4)CCCc4cc(O)ccc43)cc2)CC1. The largest absolute Gasteiger partial charge is 0.508 e. The number of hydrogen-bond acceptors (Lipinski definition) is 4. The lowest BCUT2D eigenvalue weighted by atomic mass is 9.88. The summed E-state index contributed by atoms with van der Waals surface area (Å²) in [5, 5.41) is 10.2. The van der Waals surface area contributed by atoms with E-state index in [1.165, 1.54) is 57.6 Å². The Hall–Kier alpha value is -3.40. The number of hydrogen-bond donors (Lipinski definition) is 1. The number of aromatic nitrogens is 1. The van der Waals surface area contributed by atoms with E-state index in [9.17, 15) is 9.90 Å². The fourth-order valence-electron chi connectivity index (χ4n) is 5.73. The molecule has 0 unspecified atom stereocenters. The van der Waals surface area contributed by atoms with E-state index in [0.717, 1.165) is 51.5 Å². The third-order valence-corrected chi connectivity index (χ3v) is 7.92. The van der Waals surface area contributed by atoms with Crippen LogP contribution < -0.4 is 4.90 Å². The second-order valence-corrected chi connectivity index (χ2v) is 10.3. The zero-order chi connectivity index (χ0) is 23.8. The molecule has 1 saturated heterocycles. The first-order valence-electron chi connectivity index (χ1n) is 13.0. The maximum absolute atomic E-state index is 11.1. The summed E-state index contributed by atoms with van der Waals surface area (Å²) >= 11 is 0. The quantitative estimate of drug-likeness (QED) is 0.446. The molecular formula is C31H32N2O2. The van der Waals surface area contributed by atoms with Gasteiger partial charge >= 0.3 is 0 Å². The second-order valence-electron chi connectivity index (χ2n) is 10.3. The van der Waals surface area contributed by atoms with Gasteiger partial charge in [0.2, 0.25) is 0 Å². The van der Waals surface area contributed by atoms with Crippen LogP contribution >= 0.6 is 0 Å². The topological polar surface area (TPSA) is 53.4 Å². The number of phenolic OH excluding ortho intramolecular Hbond substituents is 1. The van der Waals surface area contributed by atoms with Gasteiger partial charge < -0.3 is 14.8 Å². The highest BCUT2D eigenvalue weighted by Crippen LogP contribution is 2.42. The molecule has 1 aromatic heterocycles. The summed E-state index contributed by atoms with van der Waals surface area (Å²) in [5.41, 5.74) is 9.84. The maximum atomic E-state index is 11.1. The smallest absolute Gasteiger partial charge is 0.123 e. The molecule has 1 N–H and O–H groups in total. The number of allylic oxidation sites excluding steroid dienone is 1. The van der Waals surface area contributed by atoms with Crippen molar-refractivity contribution >= 4 is 23.1 Å². The van der Waals surface area contributed by atoms with Crippen molar-refractivity contribution in [2.45, 2.75) is 50.9 Å². The Morgan fingerprint density at radius 2 is 1.66 bits per heavy atom. The Bertz CT molecular complexity index is 1250. The predicted octanol–water partition coefficient (Wildman–Crippen LogP) is 6.38. The van der Waals surface area contributed by atoms with Crippen molar-refractivity contribution in [2.24, 2.45) is 5.92 Å². The van der Waals surface area contributed by atoms with Crippen LogP contribution in [-0.2, 0) is 11.2 Å². The van der Waals surface area contributed by atoms with Gasteiger partial charge in [-0.3, -0.25) is 4.98 Å². The molecule has 35 heavy (non-hydrogen) atoms. The highest BCUT2D eigenvalue weighted by Gasteiger charge is 2.26. The highest BCUT2D eigenvalue weighted by atomic mass is 16.3. The molecule has 1 aliphatic heterocycles. The van der Waals surface area contributed by atoms with Gasteiger partial charge in [-0.15, -0.1) is 0 Å². The number of carbonyl (C=O) groups is 1. The van der Waals surface area contributed by atoms with Crippen LogP contribution in [0.15, 0.2) is 60.8 Å². The monoisotopic (exact) mass is 464 g/mol. The number of rotatable bonds is 5. The van der Waals surface area contributed by atoms with Gasteiger partial charge in [0, 0.05) is 42.5 Å². The maximum Gasteiger partial charge on any atom is 0.123 e. The van der Waals surface area contributed by atoms with Gasteiger partial charge in [-0.05, 0) is 109 Å². The minimum atomic E-state index is 0.206. The van der Waals surface area contributed by atoms with Gasteiger partial charge in [-0.1, -0.05) is 24.3 Å². The van der Waals surface area contributed by atoms with Crippen LogP contribution in [0.5, 0.6) is 5.75 Å². The number of pyridine rings is 1. The Balaban J connectivity index is 1.40. The summed E-state index contributed by atoms with van der Waals surface area (Å²) in [4.78, 5) is 18.3. The molecule has 0 spiro atoms. The third kappa shape index (κ3) is 4.50. The van der Waals surface area contributed by atoms with E-state index < -0.39 is 0 Å². The second kappa shape index (κ2) is 9.33. The summed E-state index contributed by atoms with van der Waals surface area (Å²) in [6, 6.07) is 19.2. The van der Waals surface area contributed by atoms with Gasteiger partial charge in [0.15, 0.2) is 0 Å². The molecule has 0 atom stereocenters. The number of anilines is 1. The molecule has 0 radical (unpaired) electrons. The van der Waals surface area contributed by atoms with Crippen LogP contribution in [0.1, 0.15) is 72.4 Å². The number of fused-ring (bicyclic) bond motifs is 1. The molecule has 1 saturated carbocycles. The lowest BCUT2D eigenvalue weighted by Gasteiger charge is -2.31. The molecular weight excluding hydrogens is 432 g/mol. The third-order valence-electron chi connectivity index (χ3n) is 7.92. The molecule has 2 aromatic carbocycles. The number of aldehydes is 1. The number of nitrogens with zero attached hydrogens (tertiary/aromatic N) is 2. The van der Waals surface area contributed by atoms with Crippen LogP contribution in [0.2, 0.25) is 0 Å². The summed E-state index contributed by atoms with van der Waals surface area (Å²) < 4.78 is 0. The van der Waals surface area contributed by atoms with E-state index in [4.69, 9.17) is 4.98 Å². The number of benzene rings is 2. The number of piperidine rings is 1. The van der Waals surface area contributed by atoms with E-state index in [-0.39, 0.29) is 5.92 Å². The average Bonchev–Trinajstić information content (AvgIpc) is 3.76. The molecule has 0 amide bonds. The fourth-order valence-corrected chi connectivity index (χ4v) is 5.73. The molecule has 3 aliphatic rings. The Morgan fingerprint density at radius 3 is 2.34 bits per heavy atom. The minimum Gasteiger partial charge on any atom is -0.508 e. The van der Waals surface area contributed by atoms with Gasteiger partial charge in [-0.2, -0.15) is 0 Å². The van der Waals surface area contributed by atoms with E-state index in [0.29, 0.717) is 11.7 Å². The number of aryl methyl sites for hydroxylation is 1. The van der Waals surface area contributed by atoms with Gasteiger partial charge in [0.25, 0.3) is 0 Å². The van der Waals surface area contributed by atoms with Crippen LogP contribution in [0.25, 0.3) is 11.1 Å². The lowest BCUT2D eigenvalue weighted by molar-refractivity contribution is -0.111.